The Morgan fingerprint density at radius 3 is 2.08 bits per heavy atom. The summed E-state index contributed by atoms with van der Waals surface area (Å²) in [5.41, 5.74) is 4.47. The summed E-state index contributed by atoms with van der Waals surface area (Å²) >= 11 is 0. The number of ketones is 1. The van der Waals surface area contributed by atoms with E-state index in [0.717, 1.165) is 0 Å². The zero-order valence-electron chi connectivity index (χ0n) is 12.8. The molecule has 0 radical (unpaired) electrons. The van der Waals surface area contributed by atoms with Crippen LogP contribution < -0.4 is 11.1 Å². The highest BCUT2D eigenvalue weighted by Crippen LogP contribution is 2.15. The number of primary amides is 1. The highest BCUT2D eigenvalue weighted by Gasteiger charge is 2.28. The molecule has 0 aliphatic carbocycles. The molecule has 0 aromatic heterocycles. The van der Waals surface area contributed by atoms with Crippen LogP contribution in [0.5, 0.6) is 0 Å². The minimum Gasteiger partial charge on any atom is -0.363 e. The number of rotatable bonds is 6. The molecule has 5 nitrogen and oxygen atoms in total. The molecule has 0 fully saturated rings. The van der Waals surface area contributed by atoms with Crippen LogP contribution in [0.2, 0.25) is 0 Å². The first-order chi connectivity index (χ1) is 11.8. The Balaban J connectivity index is 2.29. The molecule has 25 heavy (non-hydrogen) atoms. The smallest absolute Gasteiger partial charge is 0.287 e. The van der Waals surface area contributed by atoms with Crippen molar-refractivity contribution < 1.29 is 27.6 Å². The third-order valence-electron chi connectivity index (χ3n) is 3.38. The summed E-state index contributed by atoms with van der Waals surface area (Å²) < 4.78 is 40.3. The van der Waals surface area contributed by atoms with Gasteiger partial charge >= 0.3 is 0 Å². The number of hydrogen-bond acceptors (Lipinski definition) is 3. The molecule has 0 aliphatic heterocycles. The van der Waals surface area contributed by atoms with E-state index in [-0.39, 0.29) is 6.42 Å². The monoisotopic (exact) mass is 350 g/mol. The standard InChI is InChI=1S/C17H13F3N2O3/c18-10-7-11(19)14(12(20)8-10)17(25)22-13(15(23)16(21)24)6-9-4-2-1-3-5-9/h1-5,7-8,13H,6H2,(H2,21,24)(H,22,25)/t13-/m0/s1. The molecule has 2 aromatic carbocycles. The molecule has 2 rings (SSSR count). The number of amides is 2. The van der Waals surface area contributed by atoms with Gasteiger partial charge in [-0.15, -0.1) is 0 Å². The maximum Gasteiger partial charge on any atom is 0.287 e. The van der Waals surface area contributed by atoms with Crippen LogP contribution in [0.3, 0.4) is 0 Å². The van der Waals surface area contributed by atoms with Crippen LogP contribution >= 0.6 is 0 Å². The molecule has 1 atom stereocenters. The van der Waals surface area contributed by atoms with Gasteiger partial charge < -0.3 is 11.1 Å². The van der Waals surface area contributed by atoms with E-state index < -0.39 is 46.7 Å². The van der Waals surface area contributed by atoms with E-state index in [1.165, 1.54) is 0 Å². The van der Waals surface area contributed by atoms with Crippen LogP contribution in [0.15, 0.2) is 42.5 Å². The van der Waals surface area contributed by atoms with Crippen LogP contribution in [0.1, 0.15) is 15.9 Å². The molecular formula is C17H13F3N2O3. The predicted molar refractivity (Wildman–Crippen MR) is 81.9 cm³/mol. The molecular weight excluding hydrogens is 337 g/mol. The van der Waals surface area contributed by atoms with Crippen LogP contribution in [-0.4, -0.2) is 23.6 Å². The van der Waals surface area contributed by atoms with Gasteiger partial charge in [0, 0.05) is 18.6 Å². The number of Topliss-reactive ketones (excluding diaryl/α,β-unsaturated/α-hetero) is 1. The van der Waals surface area contributed by atoms with E-state index in [1.54, 1.807) is 30.3 Å². The maximum absolute atomic E-state index is 13.7. The van der Waals surface area contributed by atoms with Crippen molar-refractivity contribution in [1.29, 1.82) is 0 Å². The van der Waals surface area contributed by atoms with Gasteiger partial charge in [-0.25, -0.2) is 13.2 Å². The number of benzene rings is 2. The van der Waals surface area contributed by atoms with Crippen LogP contribution in [0.25, 0.3) is 0 Å². The summed E-state index contributed by atoms with van der Waals surface area (Å²) in [6.45, 7) is 0. The van der Waals surface area contributed by atoms with E-state index in [4.69, 9.17) is 5.73 Å². The molecule has 0 heterocycles. The fraction of sp³-hybridized carbons (Fsp3) is 0.118. The van der Waals surface area contributed by atoms with Crippen LogP contribution in [-0.2, 0) is 16.0 Å². The highest BCUT2D eigenvalue weighted by molar-refractivity contribution is 6.38. The lowest BCUT2D eigenvalue weighted by molar-refractivity contribution is -0.137. The molecule has 0 saturated heterocycles. The van der Waals surface area contributed by atoms with Crippen LogP contribution in [0.4, 0.5) is 13.2 Å². The molecule has 130 valence electrons. The lowest BCUT2D eigenvalue weighted by Crippen LogP contribution is -2.47. The fourth-order valence-electron chi connectivity index (χ4n) is 2.22. The lowest BCUT2D eigenvalue weighted by Gasteiger charge is -2.17. The normalized spacial score (nSPS) is 11.6. The van der Waals surface area contributed by atoms with Crippen molar-refractivity contribution in [2.75, 3.05) is 0 Å². The van der Waals surface area contributed by atoms with Gasteiger partial charge in [-0.3, -0.25) is 14.4 Å². The summed E-state index contributed by atoms with van der Waals surface area (Å²) in [5.74, 6) is -7.78. The number of nitrogens with two attached hydrogens (primary N) is 1. The first-order valence-electron chi connectivity index (χ1n) is 7.12. The van der Waals surface area contributed by atoms with Crippen molar-refractivity contribution in [2.45, 2.75) is 12.5 Å². The maximum atomic E-state index is 13.7. The predicted octanol–water partition coefficient (Wildman–Crippen LogP) is 1.50. The molecule has 0 bridgehead atoms. The molecule has 8 heteroatoms. The summed E-state index contributed by atoms with van der Waals surface area (Å²) in [5, 5.41) is 2.07. The van der Waals surface area contributed by atoms with E-state index in [9.17, 15) is 27.6 Å². The van der Waals surface area contributed by atoms with Crippen molar-refractivity contribution in [3.63, 3.8) is 0 Å². The van der Waals surface area contributed by atoms with Crippen molar-refractivity contribution in [2.24, 2.45) is 5.73 Å². The van der Waals surface area contributed by atoms with Gasteiger partial charge in [0.15, 0.2) is 0 Å². The van der Waals surface area contributed by atoms with Crippen molar-refractivity contribution in [3.05, 3.63) is 71.0 Å². The second-order valence-electron chi connectivity index (χ2n) is 5.19. The zero-order chi connectivity index (χ0) is 18.6. The van der Waals surface area contributed by atoms with Gasteiger partial charge in [-0.1, -0.05) is 30.3 Å². The number of nitrogens with one attached hydrogen (secondary N) is 1. The Morgan fingerprint density at radius 1 is 1.00 bits per heavy atom. The fourth-order valence-corrected chi connectivity index (χ4v) is 2.22. The topological polar surface area (TPSA) is 89.3 Å². The number of hydrogen-bond donors (Lipinski definition) is 2. The van der Waals surface area contributed by atoms with Gasteiger partial charge in [-0.2, -0.15) is 0 Å². The van der Waals surface area contributed by atoms with E-state index in [2.05, 4.69) is 5.32 Å². The Bertz CT molecular complexity index is 802. The Kier molecular flexibility index (Phi) is 5.53. The Morgan fingerprint density at radius 2 is 1.56 bits per heavy atom. The lowest BCUT2D eigenvalue weighted by atomic mass is 10.0. The highest BCUT2D eigenvalue weighted by atomic mass is 19.1. The minimum atomic E-state index is -1.43. The summed E-state index contributed by atoms with van der Waals surface area (Å²) in [6, 6.07) is 7.57. The first kappa shape index (κ1) is 18.2. The number of carbonyl (C=O) groups excluding carboxylic acids is 3. The Labute approximate surface area is 140 Å². The number of halogens is 3. The van der Waals surface area contributed by atoms with Gasteiger partial charge in [0.2, 0.25) is 5.78 Å². The first-order valence-corrected chi connectivity index (χ1v) is 7.12. The molecule has 0 spiro atoms. The molecule has 0 saturated carbocycles. The Hall–Kier alpha value is -3.16. The van der Waals surface area contributed by atoms with Gasteiger partial charge in [0.05, 0.1) is 0 Å². The van der Waals surface area contributed by atoms with E-state index in [1.807, 2.05) is 0 Å². The molecule has 3 N–H and O–H groups in total. The molecule has 0 unspecified atom stereocenters. The quantitative estimate of drug-likeness (QED) is 0.774. The molecule has 2 amide bonds. The third kappa shape index (κ3) is 4.43. The summed E-state index contributed by atoms with van der Waals surface area (Å²) in [4.78, 5) is 35.2. The minimum absolute atomic E-state index is 0.112. The zero-order valence-corrected chi connectivity index (χ0v) is 12.8. The van der Waals surface area contributed by atoms with Crippen molar-refractivity contribution >= 4 is 17.6 Å². The average molecular weight is 350 g/mol. The largest absolute Gasteiger partial charge is 0.363 e. The molecule has 2 aromatic rings. The van der Waals surface area contributed by atoms with Crippen LogP contribution in [0, 0.1) is 17.5 Å². The summed E-state index contributed by atoms with van der Waals surface area (Å²) in [6.07, 6.45) is -0.112. The summed E-state index contributed by atoms with van der Waals surface area (Å²) in [7, 11) is 0. The molecule has 0 aliphatic rings. The third-order valence-corrected chi connectivity index (χ3v) is 3.38. The van der Waals surface area contributed by atoms with Gasteiger partial charge in [-0.05, 0) is 5.56 Å². The second-order valence-corrected chi connectivity index (χ2v) is 5.19. The van der Waals surface area contributed by atoms with Crippen molar-refractivity contribution in [1.82, 2.24) is 5.32 Å². The SMILES string of the molecule is NC(=O)C(=O)[C@H](Cc1ccccc1)NC(=O)c1c(F)cc(F)cc1F. The van der Waals surface area contributed by atoms with Gasteiger partial charge in [0.25, 0.3) is 11.8 Å². The van der Waals surface area contributed by atoms with Gasteiger partial charge in [0.1, 0.15) is 29.1 Å². The number of carbonyl (C=O) groups is 3. The average Bonchev–Trinajstić information content (AvgIpc) is 2.53. The van der Waals surface area contributed by atoms with E-state index >= 15 is 0 Å². The van der Waals surface area contributed by atoms with Crippen molar-refractivity contribution in [3.8, 4) is 0 Å². The second kappa shape index (κ2) is 7.61. The van der Waals surface area contributed by atoms with E-state index in [0.29, 0.717) is 17.7 Å².